The third-order valence-corrected chi connectivity index (χ3v) is 5.21. The van der Waals surface area contributed by atoms with Crippen molar-refractivity contribution in [2.24, 2.45) is 5.73 Å². The van der Waals surface area contributed by atoms with E-state index in [1.54, 1.807) is 0 Å². The van der Waals surface area contributed by atoms with Gasteiger partial charge in [0.1, 0.15) is 0 Å². The molecular formula is C18H24N2S. The first-order chi connectivity index (χ1) is 10.3. The third kappa shape index (κ3) is 3.54. The van der Waals surface area contributed by atoms with Gasteiger partial charge in [0, 0.05) is 24.0 Å². The SMILES string of the molecule is CCN(Cc1cccs1)C(CN)c1cccc(C2CC2)c1. The van der Waals surface area contributed by atoms with E-state index in [-0.39, 0.29) is 0 Å². The average Bonchev–Trinajstić information content (AvgIpc) is 3.25. The number of thiophene rings is 1. The van der Waals surface area contributed by atoms with Crippen LogP contribution >= 0.6 is 11.3 Å². The van der Waals surface area contributed by atoms with Gasteiger partial charge >= 0.3 is 0 Å². The number of nitrogens with two attached hydrogens (primary N) is 1. The summed E-state index contributed by atoms with van der Waals surface area (Å²) in [7, 11) is 0. The van der Waals surface area contributed by atoms with Gasteiger partial charge in [-0.05, 0) is 47.9 Å². The van der Waals surface area contributed by atoms with Gasteiger partial charge in [-0.1, -0.05) is 37.3 Å². The molecule has 1 aliphatic rings. The van der Waals surface area contributed by atoms with Gasteiger partial charge in [-0.15, -0.1) is 11.3 Å². The van der Waals surface area contributed by atoms with Crippen molar-refractivity contribution in [2.45, 2.75) is 38.3 Å². The van der Waals surface area contributed by atoms with Crippen molar-refractivity contribution in [3.8, 4) is 0 Å². The molecule has 1 aromatic heterocycles. The minimum absolute atomic E-state index is 0.316. The number of benzene rings is 1. The summed E-state index contributed by atoms with van der Waals surface area (Å²) < 4.78 is 0. The van der Waals surface area contributed by atoms with Gasteiger partial charge in [-0.3, -0.25) is 4.90 Å². The number of rotatable bonds is 7. The predicted octanol–water partition coefficient (Wildman–Crippen LogP) is 4.15. The minimum Gasteiger partial charge on any atom is -0.329 e. The molecule has 1 unspecified atom stereocenters. The summed E-state index contributed by atoms with van der Waals surface area (Å²) in [6.45, 7) is 4.91. The second-order valence-electron chi connectivity index (χ2n) is 5.84. The largest absolute Gasteiger partial charge is 0.329 e. The first-order valence-corrected chi connectivity index (χ1v) is 8.76. The van der Waals surface area contributed by atoms with Crippen molar-refractivity contribution < 1.29 is 0 Å². The fourth-order valence-corrected chi connectivity index (χ4v) is 3.71. The van der Waals surface area contributed by atoms with Gasteiger partial charge in [0.15, 0.2) is 0 Å². The predicted molar refractivity (Wildman–Crippen MR) is 90.6 cm³/mol. The van der Waals surface area contributed by atoms with Gasteiger partial charge < -0.3 is 5.73 Å². The van der Waals surface area contributed by atoms with Crippen LogP contribution in [0.3, 0.4) is 0 Å². The van der Waals surface area contributed by atoms with Crippen LogP contribution < -0.4 is 5.73 Å². The molecule has 3 heteroatoms. The van der Waals surface area contributed by atoms with E-state index in [0.717, 1.165) is 19.0 Å². The average molecular weight is 300 g/mol. The van der Waals surface area contributed by atoms with Crippen LogP contribution in [-0.2, 0) is 6.54 Å². The molecule has 0 spiro atoms. The Balaban J connectivity index is 1.79. The first kappa shape index (κ1) is 14.8. The number of nitrogens with zero attached hydrogens (tertiary/aromatic N) is 1. The molecule has 2 N–H and O–H groups in total. The molecule has 0 radical (unpaired) electrons. The molecule has 2 nitrogen and oxygen atoms in total. The summed E-state index contributed by atoms with van der Waals surface area (Å²) in [4.78, 5) is 3.89. The normalized spacial score (nSPS) is 16.3. The molecule has 3 rings (SSSR count). The van der Waals surface area contributed by atoms with Crippen molar-refractivity contribution in [1.29, 1.82) is 0 Å². The Bertz CT molecular complexity index is 560. The number of hydrogen-bond acceptors (Lipinski definition) is 3. The summed E-state index contributed by atoms with van der Waals surface area (Å²) in [5.41, 5.74) is 8.99. The third-order valence-electron chi connectivity index (χ3n) is 4.35. The monoisotopic (exact) mass is 300 g/mol. The Morgan fingerprint density at radius 2 is 2.14 bits per heavy atom. The van der Waals surface area contributed by atoms with E-state index < -0.39 is 0 Å². The van der Waals surface area contributed by atoms with Crippen molar-refractivity contribution in [2.75, 3.05) is 13.1 Å². The van der Waals surface area contributed by atoms with Crippen LogP contribution in [0.2, 0.25) is 0 Å². The van der Waals surface area contributed by atoms with Crippen LogP contribution in [0, 0.1) is 0 Å². The molecule has 0 aliphatic heterocycles. The lowest BCUT2D eigenvalue weighted by atomic mass is 10.0. The van der Waals surface area contributed by atoms with Crippen LogP contribution in [0.25, 0.3) is 0 Å². The molecule has 0 saturated heterocycles. The highest BCUT2D eigenvalue weighted by Gasteiger charge is 2.25. The van der Waals surface area contributed by atoms with Crippen LogP contribution in [0.1, 0.15) is 47.7 Å². The van der Waals surface area contributed by atoms with Crippen molar-refractivity contribution >= 4 is 11.3 Å². The van der Waals surface area contributed by atoms with E-state index in [9.17, 15) is 0 Å². The van der Waals surface area contributed by atoms with Gasteiger partial charge in [-0.25, -0.2) is 0 Å². The second-order valence-corrected chi connectivity index (χ2v) is 6.87. The highest BCUT2D eigenvalue weighted by molar-refractivity contribution is 7.09. The first-order valence-electron chi connectivity index (χ1n) is 7.88. The molecule has 2 aromatic rings. The topological polar surface area (TPSA) is 29.3 Å². The molecular weight excluding hydrogens is 276 g/mol. The van der Waals surface area contributed by atoms with E-state index in [1.165, 1.54) is 28.8 Å². The van der Waals surface area contributed by atoms with Crippen LogP contribution in [0.15, 0.2) is 41.8 Å². The highest BCUT2D eigenvalue weighted by Crippen LogP contribution is 2.40. The van der Waals surface area contributed by atoms with E-state index in [0.29, 0.717) is 12.6 Å². The van der Waals surface area contributed by atoms with Crippen LogP contribution in [0.4, 0.5) is 0 Å². The maximum Gasteiger partial charge on any atom is 0.0474 e. The van der Waals surface area contributed by atoms with Crippen molar-refractivity contribution in [3.63, 3.8) is 0 Å². The molecule has 1 fully saturated rings. The van der Waals surface area contributed by atoms with E-state index in [1.807, 2.05) is 11.3 Å². The summed E-state index contributed by atoms with van der Waals surface area (Å²) in [6.07, 6.45) is 2.70. The molecule has 21 heavy (non-hydrogen) atoms. The number of likely N-dealkylation sites (N-methyl/N-ethyl adjacent to an activating group) is 1. The molecule has 1 heterocycles. The van der Waals surface area contributed by atoms with Gasteiger partial charge in [0.2, 0.25) is 0 Å². The molecule has 0 bridgehead atoms. The van der Waals surface area contributed by atoms with Gasteiger partial charge in [0.05, 0.1) is 0 Å². The summed E-state index contributed by atoms with van der Waals surface area (Å²) in [6, 6.07) is 13.7. The van der Waals surface area contributed by atoms with Crippen molar-refractivity contribution in [3.05, 3.63) is 57.8 Å². The summed E-state index contributed by atoms with van der Waals surface area (Å²) >= 11 is 1.83. The molecule has 1 aliphatic carbocycles. The maximum absolute atomic E-state index is 6.11. The van der Waals surface area contributed by atoms with Crippen LogP contribution in [0.5, 0.6) is 0 Å². The highest BCUT2D eigenvalue weighted by atomic mass is 32.1. The zero-order chi connectivity index (χ0) is 14.7. The van der Waals surface area contributed by atoms with Gasteiger partial charge in [0.25, 0.3) is 0 Å². The Labute approximate surface area is 131 Å². The minimum atomic E-state index is 0.316. The molecule has 0 amide bonds. The fraction of sp³-hybridized carbons (Fsp3) is 0.444. The second kappa shape index (κ2) is 6.73. The van der Waals surface area contributed by atoms with Crippen LogP contribution in [-0.4, -0.2) is 18.0 Å². The lowest BCUT2D eigenvalue weighted by Gasteiger charge is -2.30. The Hall–Kier alpha value is -1.16. The molecule has 1 atom stereocenters. The summed E-state index contributed by atoms with van der Waals surface area (Å²) in [5, 5.41) is 2.15. The Morgan fingerprint density at radius 1 is 1.29 bits per heavy atom. The van der Waals surface area contributed by atoms with E-state index in [2.05, 4.69) is 53.6 Å². The molecule has 1 saturated carbocycles. The summed E-state index contributed by atoms with van der Waals surface area (Å²) in [5.74, 6) is 0.802. The molecule has 1 aromatic carbocycles. The lowest BCUT2D eigenvalue weighted by molar-refractivity contribution is 0.205. The fourth-order valence-electron chi connectivity index (χ4n) is 2.98. The lowest BCUT2D eigenvalue weighted by Crippen LogP contribution is -2.33. The Kier molecular flexibility index (Phi) is 4.73. The van der Waals surface area contributed by atoms with Crippen molar-refractivity contribution in [1.82, 2.24) is 4.90 Å². The number of hydrogen-bond donors (Lipinski definition) is 1. The standard InChI is InChI=1S/C18H24N2S/c1-2-20(13-17-7-4-10-21-17)18(12-19)16-6-3-5-15(11-16)14-8-9-14/h3-7,10-11,14,18H,2,8-9,12-13,19H2,1H3. The van der Waals surface area contributed by atoms with E-state index in [4.69, 9.17) is 5.73 Å². The molecule has 112 valence electrons. The maximum atomic E-state index is 6.11. The zero-order valence-corrected chi connectivity index (χ0v) is 13.5. The Morgan fingerprint density at radius 3 is 2.76 bits per heavy atom. The zero-order valence-electron chi connectivity index (χ0n) is 12.7. The smallest absolute Gasteiger partial charge is 0.0474 e. The quantitative estimate of drug-likeness (QED) is 0.832. The van der Waals surface area contributed by atoms with E-state index >= 15 is 0 Å². The van der Waals surface area contributed by atoms with Gasteiger partial charge in [-0.2, -0.15) is 0 Å².